The number of nitrogen functional groups attached to an aromatic ring is 1. The number of sulfonamides is 1. The summed E-state index contributed by atoms with van der Waals surface area (Å²) in [6.45, 7) is 0.803. The second kappa shape index (κ2) is 9.97. The van der Waals surface area contributed by atoms with E-state index in [1.54, 1.807) is 36.4 Å². The van der Waals surface area contributed by atoms with Gasteiger partial charge in [0.1, 0.15) is 5.69 Å². The van der Waals surface area contributed by atoms with E-state index in [1.807, 2.05) is 0 Å². The van der Waals surface area contributed by atoms with Gasteiger partial charge in [0.15, 0.2) is 17.1 Å². The van der Waals surface area contributed by atoms with Crippen molar-refractivity contribution in [2.24, 2.45) is 5.14 Å². The number of amides is 1. The van der Waals surface area contributed by atoms with Gasteiger partial charge < -0.3 is 20.5 Å². The predicted molar refractivity (Wildman–Crippen MR) is 147 cm³/mol. The van der Waals surface area contributed by atoms with E-state index in [2.05, 4.69) is 15.6 Å². The highest BCUT2D eigenvalue weighted by molar-refractivity contribution is 7.89. The SMILES string of the molecule is Nc1noc2ccc(-n3nc(C(F)(F)F)cc3C(=O)N3CCNCc4cc(-c5ccccc5S(N)(=O)=O)ccc43)cc12. The lowest BCUT2D eigenvalue weighted by Gasteiger charge is -2.23. The molecular weight excluding hydrogens is 575 g/mol. The Morgan fingerprint density at radius 3 is 2.60 bits per heavy atom. The lowest BCUT2D eigenvalue weighted by Crippen LogP contribution is -2.36. The maximum Gasteiger partial charge on any atom is 0.435 e. The number of nitrogens with zero attached hydrogens (tertiary/aromatic N) is 4. The van der Waals surface area contributed by atoms with Crippen LogP contribution in [0.15, 0.2) is 76.1 Å². The van der Waals surface area contributed by atoms with E-state index < -0.39 is 27.8 Å². The summed E-state index contributed by atoms with van der Waals surface area (Å²) in [4.78, 5) is 15.3. The normalized spacial score (nSPS) is 14.1. The average Bonchev–Trinajstić information content (AvgIpc) is 3.50. The minimum atomic E-state index is -4.82. The highest BCUT2D eigenvalue weighted by atomic mass is 32.2. The lowest BCUT2D eigenvalue weighted by molar-refractivity contribution is -0.141. The van der Waals surface area contributed by atoms with Gasteiger partial charge in [0.25, 0.3) is 5.91 Å². The summed E-state index contributed by atoms with van der Waals surface area (Å²) in [5, 5.41) is 16.3. The van der Waals surface area contributed by atoms with Crippen molar-refractivity contribution in [1.29, 1.82) is 0 Å². The predicted octanol–water partition coefficient (Wildman–Crippen LogP) is 3.68. The molecule has 1 aliphatic heterocycles. The molecule has 15 heteroatoms. The van der Waals surface area contributed by atoms with Gasteiger partial charge in [0, 0.05) is 37.0 Å². The van der Waals surface area contributed by atoms with Crippen molar-refractivity contribution in [3.05, 3.63) is 83.7 Å². The Labute approximate surface area is 236 Å². The van der Waals surface area contributed by atoms with E-state index in [4.69, 9.17) is 15.4 Å². The van der Waals surface area contributed by atoms with Crippen LogP contribution in [0, 0.1) is 0 Å². The summed E-state index contributed by atoms with van der Waals surface area (Å²) < 4.78 is 71.7. The Morgan fingerprint density at radius 1 is 1.05 bits per heavy atom. The summed E-state index contributed by atoms with van der Waals surface area (Å²) in [5.41, 5.74) is 6.73. The van der Waals surface area contributed by atoms with Gasteiger partial charge in [-0.3, -0.25) is 4.79 Å². The number of carbonyl (C=O) groups excluding carboxylic acids is 1. The number of rotatable bonds is 4. The fourth-order valence-electron chi connectivity index (χ4n) is 4.94. The molecule has 0 bridgehead atoms. The summed E-state index contributed by atoms with van der Waals surface area (Å²) in [6, 6.07) is 16.3. The minimum Gasteiger partial charge on any atom is -0.380 e. The third-order valence-electron chi connectivity index (χ3n) is 6.89. The Morgan fingerprint density at radius 2 is 1.83 bits per heavy atom. The molecule has 1 amide bonds. The first-order chi connectivity index (χ1) is 19.9. The number of hydrogen-bond donors (Lipinski definition) is 3. The summed E-state index contributed by atoms with van der Waals surface area (Å²) in [7, 11) is -4.02. The molecule has 0 unspecified atom stereocenters. The molecule has 0 saturated heterocycles. The molecule has 1 aliphatic rings. The summed E-state index contributed by atoms with van der Waals surface area (Å²) in [6.07, 6.45) is -4.82. The molecule has 6 rings (SSSR count). The fraction of sp³-hybridized carbons (Fsp3) is 0.148. The van der Waals surface area contributed by atoms with E-state index in [-0.39, 0.29) is 28.6 Å². The molecule has 0 atom stereocenters. The quantitative estimate of drug-likeness (QED) is 0.283. The van der Waals surface area contributed by atoms with E-state index in [1.165, 1.54) is 29.2 Å². The van der Waals surface area contributed by atoms with Gasteiger partial charge in [-0.2, -0.15) is 18.3 Å². The second-order valence-electron chi connectivity index (χ2n) is 9.59. The van der Waals surface area contributed by atoms with Crippen molar-refractivity contribution < 1.29 is 30.9 Å². The molecule has 5 aromatic rings. The summed E-state index contributed by atoms with van der Waals surface area (Å²) in [5.74, 6) is -0.686. The first kappa shape index (κ1) is 27.4. The summed E-state index contributed by atoms with van der Waals surface area (Å²) >= 11 is 0. The maximum atomic E-state index is 14.0. The van der Waals surface area contributed by atoms with Crippen molar-refractivity contribution in [3.63, 3.8) is 0 Å². The molecular formula is C27H22F3N7O4S. The van der Waals surface area contributed by atoms with Gasteiger partial charge in [-0.05, 0) is 47.5 Å². The average molecular weight is 598 g/mol. The van der Waals surface area contributed by atoms with E-state index in [0.29, 0.717) is 52.5 Å². The number of alkyl halides is 3. The maximum absolute atomic E-state index is 14.0. The topological polar surface area (TPSA) is 162 Å². The van der Waals surface area contributed by atoms with Gasteiger partial charge in [-0.1, -0.05) is 29.4 Å². The van der Waals surface area contributed by atoms with Crippen LogP contribution >= 0.6 is 0 Å². The van der Waals surface area contributed by atoms with Crippen molar-refractivity contribution in [2.75, 3.05) is 23.7 Å². The van der Waals surface area contributed by atoms with Gasteiger partial charge in [-0.25, -0.2) is 18.2 Å². The van der Waals surface area contributed by atoms with Crippen LogP contribution in [0.2, 0.25) is 0 Å². The minimum absolute atomic E-state index is 0.0373. The van der Waals surface area contributed by atoms with E-state index >= 15 is 0 Å². The van der Waals surface area contributed by atoms with Gasteiger partial charge >= 0.3 is 6.18 Å². The third kappa shape index (κ3) is 4.87. The molecule has 0 fully saturated rings. The van der Waals surface area contributed by atoms with Gasteiger partial charge in [-0.15, -0.1) is 0 Å². The largest absolute Gasteiger partial charge is 0.435 e. The first-order valence-electron chi connectivity index (χ1n) is 12.5. The molecule has 5 N–H and O–H groups in total. The number of anilines is 2. The standard InChI is InChI=1S/C27H22F3N7O4S/c28-27(29,30)24-13-21(37(34-24)17-6-8-22-19(12-17)25(31)35-41-22)26(38)36-10-9-33-14-16-11-15(5-7-20(16)36)18-3-1-2-4-23(18)42(32,39)40/h1-8,11-13,33H,9-10,14H2,(H2,31,35)(H2,32,39,40). The zero-order valence-electron chi connectivity index (χ0n) is 21.6. The van der Waals surface area contributed by atoms with Crippen molar-refractivity contribution in [2.45, 2.75) is 17.6 Å². The molecule has 0 aliphatic carbocycles. The number of aromatic nitrogens is 3. The van der Waals surface area contributed by atoms with Crippen LogP contribution in [0.25, 0.3) is 27.8 Å². The number of hydrogen-bond acceptors (Lipinski definition) is 8. The zero-order chi connectivity index (χ0) is 29.8. The Hall–Kier alpha value is -4.73. The number of carbonyl (C=O) groups is 1. The molecule has 0 radical (unpaired) electrons. The molecule has 11 nitrogen and oxygen atoms in total. The van der Waals surface area contributed by atoms with E-state index in [0.717, 1.165) is 4.68 Å². The Bertz CT molecular complexity index is 1970. The Kier molecular flexibility index (Phi) is 6.51. The van der Waals surface area contributed by atoms with Crippen LogP contribution in [0.5, 0.6) is 0 Å². The highest BCUT2D eigenvalue weighted by Gasteiger charge is 2.37. The van der Waals surface area contributed by atoms with Crippen molar-refractivity contribution in [3.8, 4) is 16.8 Å². The molecule has 42 heavy (non-hydrogen) atoms. The van der Waals surface area contributed by atoms with Crippen LogP contribution in [0.4, 0.5) is 24.7 Å². The van der Waals surface area contributed by atoms with Gasteiger partial charge in [0.05, 0.1) is 16.0 Å². The smallest absolute Gasteiger partial charge is 0.380 e. The van der Waals surface area contributed by atoms with Crippen LogP contribution in [-0.4, -0.2) is 42.4 Å². The molecule has 2 aromatic heterocycles. The van der Waals surface area contributed by atoms with Gasteiger partial charge in [0.2, 0.25) is 10.0 Å². The fourth-order valence-corrected chi connectivity index (χ4v) is 5.70. The molecule has 3 aromatic carbocycles. The third-order valence-corrected chi connectivity index (χ3v) is 7.86. The molecule has 216 valence electrons. The molecule has 0 saturated carbocycles. The number of nitrogens with two attached hydrogens (primary N) is 2. The van der Waals surface area contributed by atoms with Crippen molar-refractivity contribution in [1.82, 2.24) is 20.3 Å². The molecule has 0 spiro atoms. The number of primary sulfonamides is 1. The lowest BCUT2D eigenvalue weighted by atomic mass is 10.0. The second-order valence-corrected chi connectivity index (χ2v) is 11.1. The van der Waals surface area contributed by atoms with Crippen molar-refractivity contribution >= 4 is 38.4 Å². The number of halogens is 3. The van der Waals surface area contributed by atoms with Crippen LogP contribution in [-0.2, 0) is 22.7 Å². The number of nitrogens with one attached hydrogen (secondary N) is 1. The monoisotopic (exact) mass is 597 g/mol. The first-order valence-corrected chi connectivity index (χ1v) is 14.1. The molecule has 3 heterocycles. The number of benzene rings is 3. The van der Waals surface area contributed by atoms with Crippen LogP contribution in [0.1, 0.15) is 21.7 Å². The van der Waals surface area contributed by atoms with Crippen LogP contribution < -0.4 is 21.1 Å². The van der Waals surface area contributed by atoms with Crippen LogP contribution in [0.3, 0.4) is 0 Å². The van der Waals surface area contributed by atoms with E-state index in [9.17, 15) is 26.4 Å². The highest BCUT2D eigenvalue weighted by Crippen LogP contribution is 2.35. The zero-order valence-corrected chi connectivity index (χ0v) is 22.4. The number of fused-ring (bicyclic) bond motifs is 2. The Balaban J connectivity index is 1.45.